The Morgan fingerprint density at radius 1 is 0.971 bits per heavy atom. The van der Waals surface area contributed by atoms with E-state index in [1.54, 1.807) is 18.2 Å². The lowest BCUT2D eigenvalue weighted by atomic mass is 9.98. The van der Waals surface area contributed by atoms with Crippen LogP contribution in [0.2, 0.25) is 0 Å². The molecule has 0 fully saturated rings. The number of nitrogens with one attached hydrogen (secondary N) is 2. The number of carbonyl (C=O) groups excluding carboxylic acids is 2. The van der Waals surface area contributed by atoms with Gasteiger partial charge in [-0.1, -0.05) is 60.2 Å². The van der Waals surface area contributed by atoms with E-state index in [4.69, 9.17) is 9.84 Å². The molecule has 3 N–H and O–H groups in total. The van der Waals surface area contributed by atoms with Gasteiger partial charge in [-0.25, -0.2) is 4.79 Å². The Labute approximate surface area is 207 Å². The highest BCUT2D eigenvalue weighted by molar-refractivity contribution is 7.99. The van der Waals surface area contributed by atoms with Crippen LogP contribution in [-0.4, -0.2) is 47.7 Å². The molecule has 0 saturated carbocycles. The van der Waals surface area contributed by atoms with Crippen LogP contribution in [0.15, 0.2) is 66.7 Å². The van der Waals surface area contributed by atoms with E-state index in [0.717, 1.165) is 27.8 Å². The van der Waals surface area contributed by atoms with E-state index in [1.165, 1.54) is 11.8 Å². The Bertz CT molecular complexity index is 1210. The summed E-state index contributed by atoms with van der Waals surface area (Å²) in [6.07, 6.45) is -0.637. The predicted octanol–water partition coefficient (Wildman–Crippen LogP) is 4.90. The van der Waals surface area contributed by atoms with Crippen molar-refractivity contribution in [3.05, 3.63) is 89.0 Å². The van der Waals surface area contributed by atoms with Crippen molar-refractivity contribution in [1.29, 1.82) is 0 Å². The standard InChI is InChI=1S/C27H26N2O5S/c1-17-10-11-24(22(14-17)26(32)28-12-13-35-16-25(30)31)29-27(33)34-15-23-20-8-4-2-6-18(20)19-7-3-5-9-21(19)23/h2-11,14,23H,12-13,15-16H2,1H3,(H,28,32)(H,29,33)(H,30,31). The number of fused-ring (bicyclic) bond motifs is 3. The van der Waals surface area contributed by atoms with Crippen molar-refractivity contribution in [2.45, 2.75) is 12.8 Å². The summed E-state index contributed by atoms with van der Waals surface area (Å²) in [6.45, 7) is 2.35. The molecule has 3 aromatic rings. The molecule has 1 aliphatic carbocycles. The first kappa shape index (κ1) is 24.3. The van der Waals surface area contributed by atoms with Gasteiger partial charge in [0.05, 0.1) is 17.0 Å². The molecule has 0 spiro atoms. The highest BCUT2D eigenvalue weighted by atomic mass is 32.2. The molecule has 7 nitrogen and oxygen atoms in total. The quantitative estimate of drug-likeness (QED) is 0.369. The third-order valence-corrected chi connectivity index (χ3v) is 6.70. The van der Waals surface area contributed by atoms with Crippen LogP contribution in [-0.2, 0) is 9.53 Å². The summed E-state index contributed by atoms with van der Waals surface area (Å²) in [5.74, 6) is -0.848. The van der Waals surface area contributed by atoms with E-state index in [0.29, 0.717) is 23.5 Å². The van der Waals surface area contributed by atoms with E-state index < -0.39 is 12.1 Å². The Kier molecular flexibility index (Phi) is 7.72. The maximum absolute atomic E-state index is 12.7. The first-order valence-electron chi connectivity index (χ1n) is 11.2. The van der Waals surface area contributed by atoms with Gasteiger partial charge >= 0.3 is 12.1 Å². The lowest BCUT2D eigenvalue weighted by molar-refractivity contribution is -0.133. The van der Waals surface area contributed by atoms with Crippen molar-refractivity contribution in [2.75, 3.05) is 30.0 Å². The van der Waals surface area contributed by atoms with E-state index >= 15 is 0 Å². The maximum atomic E-state index is 12.7. The smallest absolute Gasteiger partial charge is 0.411 e. The van der Waals surface area contributed by atoms with E-state index in [1.807, 2.05) is 31.2 Å². The number of aliphatic carboxylic acids is 1. The molecule has 35 heavy (non-hydrogen) atoms. The van der Waals surface area contributed by atoms with Crippen molar-refractivity contribution >= 4 is 35.4 Å². The zero-order valence-electron chi connectivity index (χ0n) is 19.2. The van der Waals surface area contributed by atoms with Crippen LogP contribution < -0.4 is 10.6 Å². The first-order valence-corrected chi connectivity index (χ1v) is 12.4. The van der Waals surface area contributed by atoms with Gasteiger partial charge in [-0.05, 0) is 41.3 Å². The third-order valence-electron chi connectivity index (χ3n) is 5.76. The second kappa shape index (κ2) is 11.1. The molecule has 0 heterocycles. The molecule has 4 rings (SSSR count). The molecule has 8 heteroatoms. The molecule has 0 aromatic heterocycles. The number of thioether (sulfide) groups is 1. The number of rotatable bonds is 9. The van der Waals surface area contributed by atoms with Gasteiger partial charge in [0, 0.05) is 18.2 Å². The Morgan fingerprint density at radius 3 is 2.29 bits per heavy atom. The molecule has 1 aliphatic rings. The number of aryl methyl sites for hydroxylation is 1. The first-order chi connectivity index (χ1) is 16.9. The van der Waals surface area contributed by atoms with Gasteiger partial charge < -0.3 is 15.2 Å². The highest BCUT2D eigenvalue weighted by Gasteiger charge is 2.29. The maximum Gasteiger partial charge on any atom is 0.411 e. The van der Waals surface area contributed by atoms with E-state index in [9.17, 15) is 14.4 Å². The molecule has 0 unspecified atom stereocenters. The van der Waals surface area contributed by atoms with Crippen LogP contribution in [0.5, 0.6) is 0 Å². The van der Waals surface area contributed by atoms with Gasteiger partial charge in [0.25, 0.3) is 5.91 Å². The Hall–Kier alpha value is -3.78. The minimum absolute atomic E-state index is 0.0189. The number of carboxylic acid groups (broad SMARTS) is 1. The fraction of sp³-hybridized carbons (Fsp3) is 0.222. The van der Waals surface area contributed by atoms with Crippen molar-refractivity contribution in [3.63, 3.8) is 0 Å². The lowest BCUT2D eigenvalue weighted by Crippen LogP contribution is -2.28. The largest absolute Gasteiger partial charge is 0.481 e. The number of benzene rings is 3. The number of carboxylic acids is 1. The van der Waals surface area contributed by atoms with Gasteiger partial charge in [0.15, 0.2) is 0 Å². The molecule has 0 bridgehead atoms. The zero-order chi connectivity index (χ0) is 24.8. The monoisotopic (exact) mass is 490 g/mol. The molecule has 0 aliphatic heterocycles. The predicted molar refractivity (Wildman–Crippen MR) is 137 cm³/mol. The van der Waals surface area contributed by atoms with Gasteiger partial charge in [-0.15, -0.1) is 11.8 Å². The average Bonchev–Trinajstić information content (AvgIpc) is 3.17. The summed E-state index contributed by atoms with van der Waals surface area (Å²) in [5.41, 5.74) is 6.08. The topological polar surface area (TPSA) is 105 Å². The second-order valence-electron chi connectivity index (χ2n) is 8.20. The Morgan fingerprint density at radius 2 is 1.63 bits per heavy atom. The van der Waals surface area contributed by atoms with E-state index in [-0.39, 0.29) is 24.2 Å². The number of hydrogen-bond acceptors (Lipinski definition) is 5. The molecule has 2 amide bonds. The van der Waals surface area contributed by atoms with Crippen molar-refractivity contribution in [1.82, 2.24) is 5.32 Å². The van der Waals surface area contributed by atoms with Gasteiger partial charge in [0.2, 0.25) is 0 Å². The SMILES string of the molecule is Cc1ccc(NC(=O)OCC2c3ccccc3-c3ccccc32)c(C(=O)NCCSCC(=O)O)c1. The van der Waals surface area contributed by atoms with Gasteiger partial charge in [-0.2, -0.15) is 0 Å². The van der Waals surface area contributed by atoms with E-state index in [2.05, 4.69) is 34.9 Å². The van der Waals surface area contributed by atoms with Crippen molar-refractivity contribution in [2.24, 2.45) is 0 Å². The summed E-state index contributed by atoms with van der Waals surface area (Å²) in [4.78, 5) is 36.0. The second-order valence-corrected chi connectivity index (χ2v) is 9.31. The fourth-order valence-corrected chi connectivity index (χ4v) is 4.76. The minimum Gasteiger partial charge on any atom is -0.481 e. The molecule has 0 atom stereocenters. The lowest BCUT2D eigenvalue weighted by Gasteiger charge is -2.16. The summed E-state index contributed by atoms with van der Waals surface area (Å²) in [7, 11) is 0. The highest BCUT2D eigenvalue weighted by Crippen LogP contribution is 2.44. The zero-order valence-corrected chi connectivity index (χ0v) is 20.1. The van der Waals surface area contributed by atoms with Crippen LogP contribution >= 0.6 is 11.8 Å². The van der Waals surface area contributed by atoms with Gasteiger partial charge in [0.1, 0.15) is 6.61 Å². The fourth-order valence-electron chi connectivity index (χ4n) is 4.19. The number of amides is 2. The summed E-state index contributed by atoms with van der Waals surface area (Å²) in [5, 5.41) is 14.2. The van der Waals surface area contributed by atoms with Crippen molar-refractivity contribution in [3.8, 4) is 11.1 Å². The van der Waals surface area contributed by atoms with Crippen LogP contribution in [0.4, 0.5) is 10.5 Å². The normalized spacial score (nSPS) is 11.9. The number of hydrogen-bond donors (Lipinski definition) is 3. The molecular weight excluding hydrogens is 464 g/mol. The molecule has 180 valence electrons. The molecule has 3 aromatic carbocycles. The van der Waals surface area contributed by atoms with Crippen LogP contribution in [0, 0.1) is 6.92 Å². The van der Waals surface area contributed by atoms with Crippen LogP contribution in [0.25, 0.3) is 11.1 Å². The molecule has 0 radical (unpaired) electrons. The number of ether oxygens (including phenoxy) is 1. The summed E-state index contributed by atoms with van der Waals surface area (Å²) >= 11 is 1.22. The third kappa shape index (κ3) is 5.84. The van der Waals surface area contributed by atoms with Crippen LogP contribution in [0.3, 0.4) is 0 Å². The average molecular weight is 491 g/mol. The Balaban J connectivity index is 1.39. The number of anilines is 1. The minimum atomic E-state index is -0.894. The summed E-state index contributed by atoms with van der Waals surface area (Å²) in [6, 6.07) is 21.4. The summed E-state index contributed by atoms with van der Waals surface area (Å²) < 4.78 is 5.60. The molecule has 0 saturated heterocycles. The molecular formula is C27H26N2O5S. The van der Waals surface area contributed by atoms with Crippen LogP contribution in [0.1, 0.15) is 33.0 Å². The van der Waals surface area contributed by atoms with Gasteiger partial charge in [-0.3, -0.25) is 14.9 Å². The van der Waals surface area contributed by atoms with Crippen molar-refractivity contribution < 1.29 is 24.2 Å². The number of carbonyl (C=O) groups is 3.